The van der Waals surface area contributed by atoms with E-state index in [4.69, 9.17) is 0 Å². The van der Waals surface area contributed by atoms with Gasteiger partial charge in [0.05, 0.1) is 33.7 Å². The Balaban J connectivity index is 0.000000683. The molecule has 0 fully saturated rings. The zero-order valence-electron chi connectivity index (χ0n) is 21.0. The molecule has 0 aliphatic rings. The molecule has 0 aliphatic heterocycles. The van der Waals surface area contributed by atoms with Gasteiger partial charge in [-0.15, -0.1) is 0 Å². The molecule has 0 atom stereocenters. The first-order chi connectivity index (χ1) is 14.8. The molecule has 178 valence electrons. The Labute approximate surface area is 193 Å². The largest absolute Gasteiger partial charge is 0.545 e. The summed E-state index contributed by atoms with van der Waals surface area (Å²) in [4.78, 5) is 10.3. The van der Waals surface area contributed by atoms with Gasteiger partial charge in [0.2, 0.25) is 0 Å². The van der Waals surface area contributed by atoms with Crippen molar-refractivity contribution in [2.24, 2.45) is 0 Å². The molecule has 1 aromatic rings. The SMILES string of the molecule is C=Cc1ccc(C(=O)[O-])cc1.CCCCCCCCCCCCCCCC[N+](C)(C)C. The normalized spacial score (nSPS) is 11.0. The molecule has 3 heteroatoms. The Kier molecular flexibility index (Phi) is 18.1. The second-order valence-corrected chi connectivity index (χ2v) is 9.72. The highest BCUT2D eigenvalue weighted by Crippen LogP contribution is 2.13. The van der Waals surface area contributed by atoms with Crippen molar-refractivity contribution in [2.45, 2.75) is 96.8 Å². The minimum absolute atomic E-state index is 0.190. The Morgan fingerprint density at radius 1 is 0.774 bits per heavy atom. The molecule has 1 aromatic carbocycles. The van der Waals surface area contributed by atoms with Crippen LogP contribution in [0.3, 0.4) is 0 Å². The predicted octanol–water partition coefficient (Wildman–Crippen LogP) is 6.87. The van der Waals surface area contributed by atoms with Crippen LogP contribution in [0.15, 0.2) is 30.8 Å². The highest BCUT2D eigenvalue weighted by Gasteiger charge is 2.04. The van der Waals surface area contributed by atoms with E-state index in [-0.39, 0.29) is 5.56 Å². The summed E-state index contributed by atoms with van der Waals surface area (Å²) in [5.41, 5.74) is 1.09. The van der Waals surface area contributed by atoms with Gasteiger partial charge >= 0.3 is 0 Å². The number of rotatable bonds is 17. The highest BCUT2D eigenvalue weighted by atomic mass is 16.4. The third-order valence-electron chi connectivity index (χ3n) is 5.56. The number of carboxylic acid groups (broad SMARTS) is 1. The summed E-state index contributed by atoms with van der Waals surface area (Å²) in [5, 5.41) is 10.3. The highest BCUT2D eigenvalue weighted by molar-refractivity contribution is 5.85. The second-order valence-electron chi connectivity index (χ2n) is 9.72. The number of carboxylic acids is 1. The van der Waals surface area contributed by atoms with Crippen LogP contribution in [0.2, 0.25) is 0 Å². The van der Waals surface area contributed by atoms with Crippen LogP contribution >= 0.6 is 0 Å². The lowest BCUT2D eigenvalue weighted by molar-refractivity contribution is -0.870. The first-order valence-electron chi connectivity index (χ1n) is 12.5. The zero-order valence-corrected chi connectivity index (χ0v) is 21.0. The van der Waals surface area contributed by atoms with Crippen LogP contribution in [-0.4, -0.2) is 38.1 Å². The van der Waals surface area contributed by atoms with Crippen LogP contribution in [0.4, 0.5) is 0 Å². The molecule has 1 rings (SSSR count). The van der Waals surface area contributed by atoms with E-state index in [2.05, 4.69) is 34.6 Å². The number of benzene rings is 1. The molecule has 0 radical (unpaired) electrons. The van der Waals surface area contributed by atoms with Crippen molar-refractivity contribution in [3.8, 4) is 0 Å². The number of nitrogens with zero attached hydrogens (tertiary/aromatic N) is 1. The second kappa shape index (κ2) is 19.1. The standard InChI is InChI=1S/C19H42N.C9H8O2/c1-5-6-7-8-9-10-11-12-13-14-15-16-17-18-19-20(2,3)4;1-2-7-3-5-8(6-4-7)9(10)11/h5-19H2,1-4H3;2-6H,1H2,(H,10,11)/q+1;/p-1. The number of quaternary nitrogens is 1. The molecule has 0 unspecified atom stereocenters. The number of carbonyl (C=O) groups is 1. The van der Waals surface area contributed by atoms with Crippen LogP contribution in [-0.2, 0) is 0 Å². The van der Waals surface area contributed by atoms with Gasteiger partial charge in [0, 0.05) is 0 Å². The van der Waals surface area contributed by atoms with Crippen molar-refractivity contribution < 1.29 is 14.4 Å². The maximum absolute atomic E-state index is 10.3. The van der Waals surface area contributed by atoms with E-state index in [1.807, 2.05) is 0 Å². The van der Waals surface area contributed by atoms with Crippen LogP contribution < -0.4 is 5.11 Å². The van der Waals surface area contributed by atoms with Crippen LogP contribution in [0.5, 0.6) is 0 Å². The van der Waals surface area contributed by atoms with E-state index in [0.717, 1.165) is 10.0 Å². The summed E-state index contributed by atoms with van der Waals surface area (Å²) in [6, 6.07) is 6.34. The minimum Gasteiger partial charge on any atom is -0.545 e. The molecule has 0 saturated carbocycles. The lowest BCUT2D eigenvalue weighted by Crippen LogP contribution is -2.35. The van der Waals surface area contributed by atoms with Crippen molar-refractivity contribution in [1.29, 1.82) is 0 Å². The van der Waals surface area contributed by atoms with E-state index in [1.165, 1.54) is 109 Å². The summed E-state index contributed by atoms with van der Waals surface area (Å²) in [6.45, 7) is 7.17. The maximum Gasteiger partial charge on any atom is 0.0780 e. The van der Waals surface area contributed by atoms with E-state index < -0.39 is 5.97 Å². The fraction of sp³-hybridized carbons (Fsp3) is 0.679. The third kappa shape index (κ3) is 20.1. The molecule has 0 amide bonds. The molecule has 0 spiro atoms. The van der Waals surface area contributed by atoms with Crippen molar-refractivity contribution in [3.05, 3.63) is 42.0 Å². The Bertz CT molecular complexity index is 557. The summed E-state index contributed by atoms with van der Waals surface area (Å²) in [5.74, 6) is -1.15. The van der Waals surface area contributed by atoms with E-state index in [1.54, 1.807) is 18.2 Å². The fourth-order valence-electron chi connectivity index (χ4n) is 3.54. The Hall–Kier alpha value is -1.61. The molecular formula is C28H49NO2. The smallest absolute Gasteiger partial charge is 0.0780 e. The molecule has 0 heterocycles. The predicted molar refractivity (Wildman–Crippen MR) is 134 cm³/mol. The van der Waals surface area contributed by atoms with Crippen molar-refractivity contribution >= 4 is 12.0 Å². The molecule has 3 nitrogen and oxygen atoms in total. The summed E-state index contributed by atoms with van der Waals surface area (Å²) in [7, 11) is 6.88. The van der Waals surface area contributed by atoms with Gasteiger partial charge in [-0.25, -0.2) is 0 Å². The first-order valence-corrected chi connectivity index (χ1v) is 12.5. The third-order valence-corrected chi connectivity index (χ3v) is 5.56. The zero-order chi connectivity index (χ0) is 23.4. The first kappa shape index (κ1) is 29.4. The number of hydrogen-bond donors (Lipinski definition) is 0. The summed E-state index contributed by atoms with van der Waals surface area (Å²) < 4.78 is 1.12. The molecule has 0 aromatic heterocycles. The van der Waals surface area contributed by atoms with Gasteiger partial charge in [-0.05, 0) is 24.0 Å². The van der Waals surface area contributed by atoms with Gasteiger partial charge in [0.15, 0.2) is 0 Å². The minimum atomic E-state index is -1.15. The van der Waals surface area contributed by atoms with Crippen molar-refractivity contribution in [2.75, 3.05) is 27.7 Å². The van der Waals surface area contributed by atoms with Crippen LogP contribution in [0, 0.1) is 0 Å². The quantitative estimate of drug-likeness (QED) is 0.199. The molecule has 0 bridgehead atoms. The molecular weight excluding hydrogens is 382 g/mol. The maximum atomic E-state index is 10.3. The van der Waals surface area contributed by atoms with Gasteiger partial charge < -0.3 is 14.4 Å². The van der Waals surface area contributed by atoms with E-state index in [0.29, 0.717) is 0 Å². The molecule has 0 saturated heterocycles. The lowest BCUT2D eigenvalue weighted by atomic mass is 10.0. The number of unbranched alkanes of at least 4 members (excludes halogenated alkanes) is 13. The topological polar surface area (TPSA) is 40.1 Å². The van der Waals surface area contributed by atoms with Crippen molar-refractivity contribution in [3.63, 3.8) is 0 Å². The van der Waals surface area contributed by atoms with Gasteiger partial charge in [0.25, 0.3) is 0 Å². The van der Waals surface area contributed by atoms with Gasteiger partial charge in [-0.3, -0.25) is 0 Å². The van der Waals surface area contributed by atoms with Crippen LogP contribution in [0.1, 0.15) is 113 Å². The average Bonchev–Trinajstić information content (AvgIpc) is 2.73. The van der Waals surface area contributed by atoms with E-state index in [9.17, 15) is 9.90 Å². The monoisotopic (exact) mass is 431 g/mol. The number of aromatic carboxylic acids is 1. The van der Waals surface area contributed by atoms with Gasteiger partial charge in [-0.2, -0.15) is 0 Å². The molecule has 31 heavy (non-hydrogen) atoms. The van der Waals surface area contributed by atoms with Gasteiger partial charge in [-0.1, -0.05) is 121 Å². The molecule has 0 N–H and O–H groups in total. The Morgan fingerprint density at radius 3 is 1.48 bits per heavy atom. The van der Waals surface area contributed by atoms with E-state index >= 15 is 0 Å². The van der Waals surface area contributed by atoms with Crippen LogP contribution in [0.25, 0.3) is 6.08 Å². The average molecular weight is 432 g/mol. The Morgan fingerprint density at radius 2 is 1.16 bits per heavy atom. The summed E-state index contributed by atoms with van der Waals surface area (Å²) >= 11 is 0. The van der Waals surface area contributed by atoms with Crippen molar-refractivity contribution in [1.82, 2.24) is 0 Å². The number of carbonyl (C=O) groups excluding carboxylic acids is 1. The van der Waals surface area contributed by atoms with Gasteiger partial charge in [0.1, 0.15) is 0 Å². The fourth-order valence-corrected chi connectivity index (χ4v) is 3.54. The summed E-state index contributed by atoms with van der Waals surface area (Å²) in [6.07, 6.45) is 22.0. The number of hydrogen-bond acceptors (Lipinski definition) is 2. The molecule has 0 aliphatic carbocycles. The lowest BCUT2D eigenvalue weighted by Gasteiger charge is -2.23.